The van der Waals surface area contributed by atoms with Crippen LogP contribution in [0.4, 0.5) is 10.1 Å². The molecule has 3 rings (SSSR count). The van der Waals surface area contributed by atoms with Gasteiger partial charge in [0.25, 0.3) is 5.91 Å². The van der Waals surface area contributed by atoms with Crippen molar-refractivity contribution in [3.05, 3.63) is 59.4 Å². The van der Waals surface area contributed by atoms with Gasteiger partial charge in [0.1, 0.15) is 5.82 Å². The molecule has 0 fully saturated rings. The molecule has 7 heteroatoms. The second-order valence-electron chi connectivity index (χ2n) is 5.76. The van der Waals surface area contributed by atoms with E-state index in [1.54, 1.807) is 18.2 Å². The smallest absolute Gasteiger partial charge is 0.261 e. The third-order valence-corrected chi connectivity index (χ3v) is 5.89. The number of sulfonamides is 1. The SMILES string of the molecule is CN(C)S(=O)(=O)c1ccc2c(c1)CCN2C(=O)c1ccccc1F. The molecule has 0 N–H and O–H groups in total. The first-order valence-electron chi connectivity index (χ1n) is 7.44. The van der Waals surface area contributed by atoms with Crippen LogP contribution in [-0.4, -0.2) is 39.3 Å². The highest BCUT2D eigenvalue weighted by Gasteiger charge is 2.29. The molecule has 0 atom stereocenters. The van der Waals surface area contributed by atoms with Crippen LogP contribution < -0.4 is 4.90 Å². The predicted molar refractivity (Wildman–Crippen MR) is 89.1 cm³/mol. The Morgan fingerprint density at radius 1 is 1.17 bits per heavy atom. The van der Waals surface area contributed by atoms with E-state index in [1.807, 2.05) is 0 Å². The fourth-order valence-electron chi connectivity index (χ4n) is 2.74. The number of halogens is 1. The summed E-state index contributed by atoms with van der Waals surface area (Å²) < 4.78 is 39.4. The summed E-state index contributed by atoms with van der Waals surface area (Å²) in [6.07, 6.45) is 0.534. The fourth-order valence-corrected chi connectivity index (χ4v) is 3.69. The number of anilines is 1. The lowest BCUT2D eigenvalue weighted by molar-refractivity contribution is 0.0985. The molecule has 0 unspecified atom stereocenters. The van der Waals surface area contributed by atoms with Gasteiger partial charge in [-0.3, -0.25) is 4.79 Å². The first-order chi connectivity index (χ1) is 11.3. The van der Waals surface area contributed by atoms with Gasteiger partial charge in [0.15, 0.2) is 0 Å². The van der Waals surface area contributed by atoms with Gasteiger partial charge in [-0.1, -0.05) is 12.1 Å². The summed E-state index contributed by atoms with van der Waals surface area (Å²) in [5, 5.41) is 0. The molecule has 1 aliphatic rings. The summed E-state index contributed by atoms with van der Waals surface area (Å²) in [6.45, 7) is 0.397. The molecule has 1 aliphatic heterocycles. The number of nitrogens with zero attached hydrogens (tertiary/aromatic N) is 2. The maximum Gasteiger partial charge on any atom is 0.261 e. The van der Waals surface area contributed by atoms with Gasteiger partial charge in [-0.25, -0.2) is 17.1 Å². The van der Waals surface area contributed by atoms with Gasteiger partial charge in [-0.05, 0) is 42.3 Å². The highest BCUT2D eigenvalue weighted by molar-refractivity contribution is 7.89. The van der Waals surface area contributed by atoms with Crippen molar-refractivity contribution in [3.8, 4) is 0 Å². The Balaban J connectivity index is 1.97. The Kier molecular flexibility index (Phi) is 4.15. The lowest BCUT2D eigenvalue weighted by Gasteiger charge is -2.18. The van der Waals surface area contributed by atoms with Gasteiger partial charge in [0.05, 0.1) is 10.5 Å². The van der Waals surface area contributed by atoms with Crippen molar-refractivity contribution in [2.45, 2.75) is 11.3 Å². The first-order valence-corrected chi connectivity index (χ1v) is 8.88. The summed E-state index contributed by atoms with van der Waals surface area (Å²) in [7, 11) is -0.588. The topological polar surface area (TPSA) is 57.7 Å². The summed E-state index contributed by atoms with van der Waals surface area (Å²) in [6, 6.07) is 10.5. The minimum atomic E-state index is -3.53. The van der Waals surface area contributed by atoms with Crippen LogP contribution >= 0.6 is 0 Å². The van der Waals surface area contributed by atoms with Crippen LogP contribution in [0, 0.1) is 5.82 Å². The number of hydrogen-bond donors (Lipinski definition) is 0. The Morgan fingerprint density at radius 3 is 2.54 bits per heavy atom. The number of fused-ring (bicyclic) bond motifs is 1. The summed E-state index contributed by atoms with van der Waals surface area (Å²) in [5.74, 6) is -0.988. The predicted octanol–water partition coefficient (Wildman–Crippen LogP) is 2.28. The molecule has 2 aromatic carbocycles. The summed E-state index contributed by atoms with van der Waals surface area (Å²) in [4.78, 5) is 14.3. The van der Waals surface area contributed by atoms with Crippen LogP contribution in [0.5, 0.6) is 0 Å². The monoisotopic (exact) mass is 348 g/mol. The number of hydrogen-bond acceptors (Lipinski definition) is 3. The standard InChI is InChI=1S/C17H17FN2O3S/c1-19(2)24(22,23)13-7-8-16-12(11-13)9-10-20(16)17(21)14-5-3-4-6-15(14)18/h3-8,11H,9-10H2,1-2H3. The molecule has 1 heterocycles. The molecular weight excluding hydrogens is 331 g/mol. The molecule has 0 spiro atoms. The van der Waals surface area contributed by atoms with Crippen LogP contribution in [0.2, 0.25) is 0 Å². The van der Waals surface area contributed by atoms with Gasteiger partial charge in [-0.15, -0.1) is 0 Å². The highest BCUT2D eigenvalue weighted by Crippen LogP contribution is 2.32. The normalized spacial score (nSPS) is 14.1. The molecule has 24 heavy (non-hydrogen) atoms. The molecule has 0 bridgehead atoms. The fraction of sp³-hybridized carbons (Fsp3) is 0.235. The van der Waals surface area contributed by atoms with Crippen LogP contribution in [-0.2, 0) is 16.4 Å². The number of carbonyl (C=O) groups excluding carboxylic acids is 1. The number of rotatable bonds is 3. The summed E-state index contributed by atoms with van der Waals surface area (Å²) >= 11 is 0. The van der Waals surface area contributed by atoms with Crippen molar-refractivity contribution in [3.63, 3.8) is 0 Å². The molecule has 0 saturated heterocycles. The van der Waals surface area contributed by atoms with E-state index in [4.69, 9.17) is 0 Å². The molecule has 0 saturated carbocycles. The minimum Gasteiger partial charge on any atom is -0.308 e. The first kappa shape index (κ1) is 16.6. The van der Waals surface area contributed by atoms with Gasteiger partial charge in [0, 0.05) is 26.3 Å². The van der Waals surface area contributed by atoms with Crippen molar-refractivity contribution in [1.29, 1.82) is 0 Å². The van der Waals surface area contributed by atoms with Gasteiger partial charge in [0.2, 0.25) is 10.0 Å². The van der Waals surface area contributed by atoms with Crippen LogP contribution in [0.1, 0.15) is 15.9 Å². The zero-order chi connectivity index (χ0) is 17.5. The summed E-state index contributed by atoms with van der Waals surface area (Å²) in [5.41, 5.74) is 1.40. The molecule has 126 valence electrons. The third-order valence-electron chi connectivity index (χ3n) is 4.07. The minimum absolute atomic E-state index is 0.00957. The average Bonchev–Trinajstić information content (AvgIpc) is 2.97. The van der Waals surface area contributed by atoms with Crippen molar-refractivity contribution < 1.29 is 17.6 Å². The van der Waals surface area contributed by atoms with E-state index in [0.717, 1.165) is 9.87 Å². The molecule has 0 aliphatic carbocycles. The van der Waals surface area contributed by atoms with Crippen molar-refractivity contribution in [1.82, 2.24) is 4.31 Å². The van der Waals surface area contributed by atoms with E-state index < -0.39 is 21.7 Å². The third kappa shape index (κ3) is 2.70. The molecule has 0 aromatic heterocycles. The Hall–Kier alpha value is -2.25. The molecule has 5 nitrogen and oxygen atoms in total. The number of benzene rings is 2. The highest BCUT2D eigenvalue weighted by atomic mass is 32.2. The van der Waals surface area contributed by atoms with Crippen molar-refractivity contribution >= 4 is 21.6 Å². The van der Waals surface area contributed by atoms with E-state index in [-0.39, 0.29) is 10.5 Å². The van der Waals surface area contributed by atoms with E-state index in [2.05, 4.69) is 0 Å². The van der Waals surface area contributed by atoms with E-state index in [0.29, 0.717) is 18.7 Å². The number of carbonyl (C=O) groups is 1. The quantitative estimate of drug-likeness (QED) is 0.855. The van der Waals surface area contributed by atoms with E-state index in [1.165, 1.54) is 43.3 Å². The lowest BCUT2D eigenvalue weighted by atomic mass is 10.1. The van der Waals surface area contributed by atoms with Crippen LogP contribution in [0.25, 0.3) is 0 Å². The van der Waals surface area contributed by atoms with Crippen molar-refractivity contribution in [2.24, 2.45) is 0 Å². The molecular formula is C17H17FN2O3S. The van der Waals surface area contributed by atoms with Crippen molar-refractivity contribution in [2.75, 3.05) is 25.5 Å². The van der Waals surface area contributed by atoms with E-state index >= 15 is 0 Å². The lowest BCUT2D eigenvalue weighted by Crippen LogP contribution is -2.29. The van der Waals surface area contributed by atoms with Gasteiger partial charge in [-0.2, -0.15) is 0 Å². The van der Waals surface area contributed by atoms with Crippen LogP contribution in [0.3, 0.4) is 0 Å². The van der Waals surface area contributed by atoms with Gasteiger partial charge >= 0.3 is 0 Å². The zero-order valence-corrected chi connectivity index (χ0v) is 14.2. The van der Waals surface area contributed by atoms with E-state index in [9.17, 15) is 17.6 Å². The molecule has 1 amide bonds. The second-order valence-corrected chi connectivity index (χ2v) is 7.92. The Bertz CT molecular complexity index is 910. The molecule has 2 aromatic rings. The maximum atomic E-state index is 13.8. The Morgan fingerprint density at radius 2 is 1.88 bits per heavy atom. The number of amides is 1. The molecule has 0 radical (unpaired) electrons. The second kappa shape index (κ2) is 5.99. The zero-order valence-electron chi connectivity index (χ0n) is 13.4. The van der Waals surface area contributed by atoms with Crippen LogP contribution in [0.15, 0.2) is 47.4 Å². The largest absolute Gasteiger partial charge is 0.308 e. The maximum absolute atomic E-state index is 13.8. The van der Waals surface area contributed by atoms with Gasteiger partial charge < -0.3 is 4.90 Å². The Labute approximate surface area is 140 Å². The average molecular weight is 348 g/mol.